The van der Waals surface area contributed by atoms with Crippen LogP contribution in [0.2, 0.25) is 0 Å². The van der Waals surface area contributed by atoms with Crippen LogP contribution in [-0.2, 0) is 14.3 Å². The van der Waals surface area contributed by atoms with Gasteiger partial charge in [0.2, 0.25) is 0 Å². The second-order valence-corrected chi connectivity index (χ2v) is 4.04. The van der Waals surface area contributed by atoms with Gasteiger partial charge in [-0.25, -0.2) is 4.79 Å². The lowest BCUT2D eigenvalue weighted by atomic mass is 10.2. The SMILES string of the molecule is CC.COCC(=O)OC.OCCN1CCOc2ccccc21. The first-order valence-corrected chi connectivity index (χ1v) is 7.36. The summed E-state index contributed by atoms with van der Waals surface area (Å²) < 4.78 is 14.1. The first kappa shape index (κ1) is 20.2. The molecule has 0 saturated heterocycles. The summed E-state index contributed by atoms with van der Waals surface area (Å²) in [6.45, 7) is 6.47. The Morgan fingerprint density at radius 3 is 2.55 bits per heavy atom. The zero-order valence-electron chi connectivity index (χ0n) is 13.9. The summed E-state index contributed by atoms with van der Waals surface area (Å²) in [5, 5.41) is 8.86. The van der Waals surface area contributed by atoms with Crippen LogP contribution in [0.4, 0.5) is 5.69 Å². The number of ether oxygens (including phenoxy) is 3. The Labute approximate surface area is 132 Å². The molecule has 6 nitrogen and oxygen atoms in total. The van der Waals surface area contributed by atoms with E-state index >= 15 is 0 Å². The highest BCUT2D eigenvalue weighted by atomic mass is 16.6. The molecule has 0 amide bonds. The Hall–Kier alpha value is -1.79. The Kier molecular flexibility index (Phi) is 11.9. The fraction of sp³-hybridized carbons (Fsp3) is 0.562. The fourth-order valence-electron chi connectivity index (χ4n) is 1.76. The van der Waals surface area contributed by atoms with Crippen molar-refractivity contribution in [3.8, 4) is 5.75 Å². The first-order valence-electron chi connectivity index (χ1n) is 7.36. The van der Waals surface area contributed by atoms with Crippen molar-refractivity contribution in [3.05, 3.63) is 24.3 Å². The van der Waals surface area contributed by atoms with Crippen LogP contribution in [0.1, 0.15) is 13.8 Å². The summed E-state index contributed by atoms with van der Waals surface area (Å²) in [6, 6.07) is 7.92. The zero-order valence-corrected chi connectivity index (χ0v) is 13.9. The van der Waals surface area contributed by atoms with Crippen LogP contribution in [0, 0.1) is 0 Å². The van der Waals surface area contributed by atoms with Gasteiger partial charge < -0.3 is 24.2 Å². The number of methoxy groups -OCH3 is 2. The standard InChI is InChI=1S/C10H13NO2.C4H8O3.C2H6/c12-7-5-11-6-8-13-10-4-2-1-3-9(10)11;1-6-3-4(5)7-2;1-2/h1-4,12H,5-8H2;3H2,1-2H3;1-2H3. The number of carbonyl (C=O) groups excluding carboxylic acids is 1. The molecule has 1 N–H and O–H groups in total. The molecule has 1 aliphatic rings. The maximum absolute atomic E-state index is 10.1. The van der Waals surface area contributed by atoms with Crippen LogP contribution >= 0.6 is 0 Å². The molecular formula is C16H27NO5. The van der Waals surface area contributed by atoms with Crippen LogP contribution < -0.4 is 9.64 Å². The van der Waals surface area contributed by atoms with Crippen LogP contribution in [0.5, 0.6) is 5.75 Å². The number of aliphatic hydroxyl groups excluding tert-OH is 1. The molecule has 1 aromatic rings. The van der Waals surface area contributed by atoms with E-state index in [2.05, 4.69) is 14.4 Å². The van der Waals surface area contributed by atoms with Gasteiger partial charge in [-0.1, -0.05) is 26.0 Å². The molecule has 0 aliphatic carbocycles. The highest BCUT2D eigenvalue weighted by Crippen LogP contribution is 2.30. The largest absolute Gasteiger partial charge is 0.490 e. The number of nitrogens with zero attached hydrogens (tertiary/aromatic N) is 1. The Balaban J connectivity index is 0.000000421. The van der Waals surface area contributed by atoms with Gasteiger partial charge in [0.15, 0.2) is 0 Å². The minimum Gasteiger partial charge on any atom is -0.490 e. The van der Waals surface area contributed by atoms with Crippen LogP contribution in [0.25, 0.3) is 0 Å². The van der Waals surface area contributed by atoms with E-state index in [1.54, 1.807) is 0 Å². The van der Waals surface area contributed by atoms with Crippen molar-refractivity contribution in [2.75, 3.05) is 52.0 Å². The number of carbonyl (C=O) groups is 1. The number of rotatable bonds is 4. The second-order valence-electron chi connectivity index (χ2n) is 4.04. The third-order valence-electron chi connectivity index (χ3n) is 2.68. The monoisotopic (exact) mass is 313 g/mol. The fourth-order valence-corrected chi connectivity index (χ4v) is 1.76. The molecule has 1 aromatic carbocycles. The molecule has 1 aliphatic heterocycles. The quantitative estimate of drug-likeness (QED) is 0.854. The third-order valence-corrected chi connectivity index (χ3v) is 2.68. The highest BCUT2D eigenvalue weighted by molar-refractivity contribution is 5.70. The van der Waals surface area contributed by atoms with Crippen LogP contribution in [-0.4, -0.2) is 58.2 Å². The van der Waals surface area contributed by atoms with Gasteiger partial charge in [0, 0.05) is 13.7 Å². The average Bonchev–Trinajstić information content (AvgIpc) is 2.58. The summed E-state index contributed by atoms with van der Waals surface area (Å²) in [4.78, 5) is 12.2. The van der Waals surface area contributed by atoms with E-state index in [0.29, 0.717) is 13.2 Å². The molecule has 0 fully saturated rings. The lowest BCUT2D eigenvalue weighted by Gasteiger charge is -2.30. The molecule has 0 aromatic heterocycles. The molecule has 1 heterocycles. The van der Waals surface area contributed by atoms with Gasteiger partial charge in [0.05, 0.1) is 25.9 Å². The number of hydrogen-bond acceptors (Lipinski definition) is 6. The normalized spacial score (nSPS) is 11.8. The molecule has 0 saturated carbocycles. The Bertz CT molecular complexity index is 411. The lowest BCUT2D eigenvalue weighted by Crippen LogP contribution is -2.34. The van der Waals surface area contributed by atoms with Gasteiger partial charge in [-0.2, -0.15) is 0 Å². The van der Waals surface area contributed by atoms with Gasteiger partial charge in [-0.05, 0) is 12.1 Å². The van der Waals surface area contributed by atoms with Crippen molar-refractivity contribution in [1.82, 2.24) is 0 Å². The average molecular weight is 313 g/mol. The summed E-state index contributed by atoms with van der Waals surface area (Å²) >= 11 is 0. The summed E-state index contributed by atoms with van der Waals surface area (Å²) in [5.41, 5.74) is 1.09. The van der Waals surface area contributed by atoms with E-state index < -0.39 is 0 Å². The molecule has 22 heavy (non-hydrogen) atoms. The van der Waals surface area contributed by atoms with E-state index in [4.69, 9.17) is 9.84 Å². The zero-order chi connectivity index (χ0) is 16.8. The minimum atomic E-state index is -0.345. The molecule has 2 rings (SSSR count). The van der Waals surface area contributed by atoms with Gasteiger partial charge in [0.25, 0.3) is 0 Å². The molecule has 6 heteroatoms. The molecule has 0 unspecified atom stereocenters. The van der Waals surface area contributed by atoms with Crippen molar-refractivity contribution in [2.45, 2.75) is 13.8 Å². The number of anilines is 1. The van der Waals surface area contributed by atoms with Crippen molar-refractivity contribution >= 4 is 11.7 Å². The molecular weight excluding hydrogens is 286 g/mol. The highest BCUT2D eigenvalue weighted by Gasteiger charge is 2.15. The van der Waals surface area contributed by atoms with Crippen LogP contribution in [0.15, 0.2) is 24.3 Å². The molecule has 0 spiro atoms. The maximum atomic E-state index is 10.1. The summed E-state index contributed by atoms with van der Waals surface area (Å²) in [6.07, 6.45) is 0. The molecule has 0 bridgehead atoms. The van der Waals surface area contributed by atoms with Crippen molar-refractivity contribution in [3.63, 3.8) is 0 Å². The van der Waals surface area contributed by atoms with E-state index in [9.17, 15) is 4.79 Å². The van der Waals surface area contributed by atoms with E-state index in [0.717, 1.165) is 18.0 Å². The van der Waals surface area contributed by atoms with E-state index in [-0.39, 0.29) is 19.2 Å². The van der Waals surface area contributed by atoms with Crippen molar-refractivity contribution < 1.29 is 24.1 Å². The van der Waals surface area contributed by atoms with E-state index in [1.807, 2.05) is 38.1 Å². The minimum absolute atomic E-state index is 0.0382. The van der Waals surface area contributed by atoms with Gasteiger partial charge in [-0.3, -0.25) is 0 Å². The molecule has 0 atom stereocenters. The number of esters is 1. The Morgan fingerprint density at radius 1 is 1.32 bits per heavy atom. The topological polar surface area (TPSA) is 68.2 Å². The lowest BCUT2D eigenvalue weighted by molar-refractivity contribution is -0.144. The number of fused-ring (bicyclic) bond motifs is 1. The second kappa shape index (κ2) is 12.9. The van der Waals surface area contributed by atoms with E-state index in [1.165, 1.54) is 14.2 Å². The Morgan fingerprint density at radius 2 is 2.00 bits per heavy atom. The van der Waals surface area contributed by atoms with Crippen molar-refractivity contribution in [1.29, 1.82) is 0 Å². The van der Waals surface area contributed by atoms with Crippen LogP contribution in [0.3, 0.4) is 0 Å². The predicted molar refractivity (Wildman–Crippen MR) is 86.5 cm³/mol. The van der Waals surface area contributed by atoms with Crippen molar-refractivity contribution in [2.24, 2.45) is 0 Å². The number of benzene rings is 1. The number of hydrogen-bond donors (Lipinski definition) is 1. The maximum Gasteiger partial charge on any atom is 0.331 e. The summed E-state index contributed by atoms with van der Waals surface area (Å²) in [7, 11) is 2.76. The molecule has 0 radical (unpaired) electrons. The smallest absolute Gasteiger partial charge is 0.331 e. The predicted octanol–water partition coefficient (Wildman–Crippen LogP) is 1.71. The van der Waals surface area contributed by atoms with Gasteiger partial charge in [-0.15, -0.1) is 0 Å². The first-order chi connectivity index (χ1) is 10.7. The number of para-hydroxylation sites is 2. The summed E-state index contributed by atoms with van der Waals surface area (Å²) in [5.74, 6) is 0.574. The molecule has 126 valence electrons. The van der Waals surface area contributed by atoms with Gasteiger partial charge in [0.1, 0.15) is 19.0 Å². The third kappa shape index (κ3) is 7.28. The number of β-amino-alcohol motifs (C(OH)–C–C–N with tert-alkyl or cyclic N) is 1. The number of aliphatic hydroxyl groups is 1. The van der Waals surface area contributed by atoms with Gasteiger partial charge >= 0.3 is 5.97 Å².